The Balaban J connectivity index is 6.25. The molecule has 5 heteroatoms. The van der Waals surface area contributed by atoms with Gasteiger partial charge in [-0.1, -0.05) is 0 Å². The Morgan fingerprint density at radius 2 is 1.12 bits per heavy atom. The van der Waals surface area contributed by atoms with Crippen molar-refractivity contribution in [3.05, 3.63) is 0 Å². The average Bonchev–Trinajstić information content (AvgIpc) is 2.43. The van der Waals surface area contributed by atoms with Gasteiger partial charge in [0, 0.05) is 29.9 Å². The summed E-state index contributed by atoms with van der Waals surface area (Å²) in [7, 11) is 0. The second-order valence-electron chi connectivity index (χ2n) is 8.40. The van der Waals surface area contributed by atoms with Crippen LogP contribution in [0.4, 0.5) is 0 Å². The van der Waals surface area contributed by atoms with Crippen molar-refractivity contribution < 1.29 is 9.90 Å². The van der Waals surface area contributed by atoms with Crippen molar-refractivity contribution in [1.29, 1.82) is 0 Å². The first-order valence-corrected chi connectivity index (χ1v) is 9.79. The molecule has 0 aliphatic heterocycles. The number of thiol groups is 1. The first-order chi connectivity index (χ1) is 10.8. The number of nitrogens with zero attached hydrogens (tertiary/aromatic N) is 2. The number of hydrogen-bond donors (Lipinski definition) is 1. The zero-order valence-corrected chi connectivity index (χ0v) is 18.2. The van der Waals surface area contributed by atoms with Gasteiger partial charge < -0.3 is 0 Å². The summed E-state index contributed by atoms with van der Waals surface area (Å²) < 4.78 is 0. The summed E-state index contributed by atoms with van der Waals surface area (Å²) in [4.78, 5) is 17.7. The van der Waals surface area contributed by atoms with Gasteiger partial charge in [0.2, 0.25) is 0 Å². The topological polar surface area (TPSA) is 43.5 Å². The lowest BCUT2D eigenvalue weighted by Crippen LogP contribution is -2.66. The average molecular weight is 360 g/mol. The van der Waals surface area contributed by atoms with Crippen molar-refractivity contribution in [2.75, 3.05) is 5.75 Å². The Morgan fingerprint density at radius 3 is 1.33 bits per heavy atom. The van der Waals surface area contributed by atoms with Crippen LogP contribution in [0.2, 0.25) is 0 Å². The number of rotatable bonds is 10. The van der Waals surface area contributed by atoms with Crippen molar-refractivity contribution in [2.24, 2.45) is 5.41 Å². The minimum absolute atomic E-state index is 0.0434. The molecule has 0 saturated carbocycles. The molecule has 0 aromatic heterocycles. The Bertz CT molecular complexity index is 359. The fourth-order valence-electron chi connectivity index (χ4n) is 3.85. The summed E-state index contributed by atoms with van der Waals surface area (Å²) >= 11 is 4.06. The van der Waals surface area contributed by atoms with Crippen molar-refractivity contribution >= 4 is 18.4 Å². The van der Waals surface area contributed by atoms with Gasteiger partial charge in [-0.2, -0.15) is 12.6 Å². The molecule has 0 spiro atoms. The number of hydrogen-bond acceptors (Lipinski definition) is 4. The summed E-state index contributed by atoms with van der Waals surface area (Å²) in [5.74, 6) is -0.207. The Kier molecular flexibility index (Phi) is 9.52. The molecule has 24 heavy (non-hydrogen) atoms. The van der Waals surface area contributed by atoms with E-state index in [-0.39, 0.29) is 41.9 Å². The quantitative estimate of drug-likeness (QED) is 0.475. The third-order valence-corrected chi connectivity index (χ3v) is 5.02. The Morgan fingerprint density at radius 1 is 0.833 bits per heavy atom. The lowest BCUT2D eigenvalue weighted by Gasteiger charge is -2.53. The van der Waals surface area contributed by atoms with Crippen LogP contribution < -0.4 is 0 Å². The summed E-state index contributed by atoms with van der Waals surface area (Å²) in [6.07, 6.45) is -1.42. The molecule has 0 bridgehead atoms. The summed E-state index contributed by atoms with van der Waals surface area (Å²) in [6, 6.07) is 1.07. The molecule has 0 N–H and O–H groups in total. The summed E-state index contributed by atoms with van der Waals surface area (Å²) in [6.45, 7) is 21.1. The molecule has 0 rings (SSSR count). The van der Waals surface area contributed by atoms with Gasteiger partial charge in [-0.3, -0.25) is 14.6 Å². The van der Waals surface area contributed by atoms with Crippen LogP contribution in [-0.2, 0) is 9.90 Å². The molecule has 1 unspecified atom stereocenters. The highest BCUT2D eigenvalue weighted by atomic mass is 32.1. The molecule has 0 aliphatic rings. The third-order valence-electron chi connectivity index (χ3n) is 4.69. The first kappa shape index (κ1) is 23.9. The smallest absolute Gasteiger partial charge is 0.174 e. The van der Waals surface area contributed by atoms with Crippen LogP contribution in [0.3, 0.4) is 0 Å². The maximum Gasteiger partial charge on any atom is 0.174 e. The minimum atomic E-state index is -1.28. The minimum Gasteiger partial charge on any atom is -0.296 e. The van der Waals surface area contributed by atoms with Crippen molar-refractivity contribution in [3.63, 3.8) is 0 Å². The van der Waals surface area contributed by atoms with Gasteiger partial charge in [-0.25, -0.2) is 5.11 Å². The lowest BCUT2D eigenvalue weighted by molar-refractivity contribution is -0.155. The SMILES string of the molecule is CC(C)N(C(C)C)C(N(C(C)C)C(C)C)C(C)(C)C(=O)C([O])CS. The zero-order chi connectivity index (χ0) is 19.4. The van der Waals surface area contributed by atoms with Crippen LogP contribution in [0.5, 0.6) is 0 Å². The maximum atomic E-state index is 12.9. The second-order valence-corrected chi connectivity index (χ2v) is 8.77. The number of carbonyl (C=O) groups is 1. The van der Waals surface area contributed by atoms with E-state index in [4.69, 9.17) is 0 Å². The van der Waals surface area contributed by atoms with Crippen LogP contribution in [-0.4, -0.2) is 57.8 Å². The van der Waals surface area contributed by atoms with Crippen molar-refractivity contribution in [1.82, 2.24) is 9.80 Å². The molecule has 0 saturated heterocycles. The van der Waals surface area contributed by atoms with E-state index >= 15 is 0 Å². The molecule has 0 aromatic carbocycles. The molecule has 1 radical (unpaired) electrons. The van der Waals surface area contributed by atoms with Gasteiger partial charge in [-0.15, -0.1) is 0 Å². The van der Waals surface area contributed by atoms with Crippen LogP contribution in [0.15, 0.2) is 0 Å². The number of ketones is 1. The fourth-order valence-corrected chi connectivity index (χ4v) is 4.01. The van der Waals surface area contributed by atoms with E-state index in [1.165, 1.54) is 0 Å². The van der Waals surface area contributed by atoms with E-state index in [2.05, 4.69) is 77.8 Å². The summed E-state index contributed by atoms with van der Waals surface area (Å²) in [5, 5.41) is 12.2. The molecule has 0 aromatic rings. The molecular weight excluding hydrogens is 320 g/mol. The van der Waals surface area contributed by atoms with Gasteiger partial charge in [-0.05, 0) is 69.2 Å². The predicted octanol–water partition coefficient (Wildman–Crippen LogP) is 3.87. The fraction of sp³-hybridized carbons (Fsp3) is 0.947. The monoisotopic (exact) mass is 359 g/mol. The van der Waals surface area contributed by atoms with Gasteiger partial charge in [0.1, 0.15) is 0 Å². The Hall–Kier alpha value is -0.100. The molecule has 0 aliphatic carbocycles. The highest BCUT2D eigenvalue weighted by Gasteiger charge is 2.48. The lowest BCUT2D eigenvalue weighted by atomic mass is 9.79. The number of carbonyl (C=O) groups excluding carboxylic acids is 1. The largest absolute Gasteiger partial charge is 0.296 e. The molecular formula is C19H39N2O2S. The molecule has 0 amide bonds. The van der Waals surface area contributed by atoms with Gasteiger partial charge in [0.15, 0.2) is 11.9 Å². The van der Waals surface area contributed by atoms with Gasteiger partial charge in [0.25, 0.3) is 0 Å². The van der Waals surface area contributed by atoms with E-state index in [0.29, 0.717) is 0 Å². The predicted molar refractivity (Wildman–Crippen MR) is 105 cm³/mol. The van der Waals surface area contributed by atoms with E-state index in [9.17, 15) is 9.90 Å². The normalized spacial score (nSPS) is 15.0. The van der Waals surface area contributed by atoms with E-state index < -0.39 is 11.5 Å². The Labute approximate surface area is 155 Å². The van der Waals surface area contributed by atoms with Crippen molar-refractivity contribution in [3.8, 4) is 0 Å². The standard InChI is InChI=1S/C19H39N2O2S/c1-12(2)20(13(3)4)18(21(14(5)6)15(7)8)19(9,10)17(23)16(22)11-24/h12-16,18,24H,11H2,1-10H3. The van der Waals surface area contributed by atoms with Crippen LogP contribution in [0.1, 0.15) is 69.2 Å². The molecule has 4 nitrogen and oxygen atoms in total. The molecule has 1 atom stereocenters. The highest BCUT2D eigenvalue weighted by Crippen LogP contribution is 2.35. The highest BCUT2D eigenvalue weighted by molar-refractivity contribution is 7.80. The van der Waals surface area contributed by atoms with Crippen LogP contribution in [0.25, 0.3) is 0 Å². The van der Waals surface area contributed by atoms with Gasteiger partial charge in [0.05, 0.1) is 11.6 Å². The first-order valence-electron chi connectivity index (χ1n) is 9.16. The molecule has 0 heterocycles. The zero-order valence-electron chi connectivity index (χ0n) is 17.3. The number of Topliss-reactive ketones (excluding diaryl/α,β-unsaturated/α-hetero) is 1. The van der Waals surface area contributed by atoms with Gasteiger partial charge >= 0.3 is 0 Å². The molecule has 0 fully saturated rings. The van der Waals surface area contributed by atoms with E-state index in [1.807, 2.05) is 13.8 Å². The summed E-state index contributed by atoms with van der Waals surface area (Å²) in [5.41, 5.74) is -0.780. The third kappa shape index (κ3) is 5.45. The maximum absolute atomic E-state index is 12.9. The van der Waals surface area contributed by atoms with E-state index in [1.54, 1.807) is 0 Å². The van der Waals surface area contributed by atoms with E-state index in [0.717, 1.165) is 0 Å². The van der Waals surface area contributed by atoms with Crippen LogP contribution in [0, 0.1) is 5.41 Å². The van der Waals surface area contributed by atoms with Crippen LogP contribution >= 0.6 is 12.6 Å². The van der Waals surface area contributed by atoms with Crippen molar-refractivity contribution in [2.45, 2.75) is 106 Å². The second kappa shape index (κ2) is 9.56. The molecule has 143 valence electrons.